The number of nitrogens with one attached hydrogen (secondary N) is 1. The number of sulfonamides is 1. The quantitative estimate of drug-likeness (QED) is 0.817. The highest BCUT2D eigenvalue weighted by Gasteiger charge is 2.27. The van der Waals surface area contributed by atoms with E-state index in [1.807, 2.05) is 23.1 Å². The third-order valence-electron chi connectivity index (χ3n) is 4.41. The fourth-order valence-corrected chi connectivity index (χ4v) is 4.49. The molecule has 1 aliphatic rings. The maximum atomic E-state index is 12.9. The van der Waals surface area contributed by atoms with Gasteiger partial charge in [0.2, 0.25) is 15.9 Å². The number of amides is 1. The highest BCUT2D eigenvalue weighted by atomic mass is 32.2. The molecule has 8 heteroatoms. The van der Waals surface area contributed by atoms with Crippen LogP contribution in [0.3, 0.4) is 0 Å². The number of hydrogen-bond donors (Lipinski definition) is 1. The molecular weight excluding hydrogens is 369 g/mol. The lowest BCUT2D eigenvalue weighted by Crippen LogP contribution is -2.50. The summed E-state index contributed by atoms with van der Waals surface area (Å²) in [7, 11) is -3.37. The topological polar surface area (TPSA) is 69.7 Å². The van der Waals surface area contributed by atoms with E-state index in [4.69, 9.17) is 0 Å². The first-order valence-electron chi connectivity index (χ1n) is 8.72. The van der Waals surface area contributed by atoms with Gasteiger partial charge < -0.3 is 5.32 Å². The first kappa shape index (κ1) is 19.5. The summed E-state index contributed by atoms with van der Waals surface area (Å²) in [6.45, 7) is 1.87. The van der Waals surface area contributed by atoms with E-state index in [9.17, 15) is 17.6 Å². The van der Waals surface area contributed by atoms with E-state index in [1.165, 1.54) is 28.6 Å². The van der Waals surface area contributed by atoms with Crippen LogP contribution in [0.15, 0.2) is 54.6 Å². The first-order chi connectivity index (χ1) is 12.9. The van der Waals surface area contributed by atoms with E-state index in [-0.39, 0.29) is 24.0 Å². The van der Waals surface area contributed by atoms with E-state index >= 15 is 0 Å². The van der Waals surface area contributed by atoms with Crippen LogP contribution < -0.4 is 5.32 Å². The summed E-state index contributed by atoms with van der Waals surface area (Å²) >= 11 is 0. The van der Waals surface area contributed by atoms with E-state index in [2.05, 4.69) is 5.32 Å². The summed E-state index contributed by atoms with van der Waals surface area (Å²) in [6.07, 6.45) is 0. The third-order valence-corrected chi connectivity index (χ3v) is 6.26. The van der Waals surface area contributed by atoms with Crippen molar-refractivity contribution >= 4 is 21.6 Å². The second kappa shape index (κ2) is 8.60. The predicted molar refractivity (Wildman–Crippen MR) is 102 cm³/mol. The van der Waals surface area contributed by atoms with Crippen LogP contribution in [0.5, 0.6) is 0 Å². The van der Waals surface area contributed by atoms with Gasteiger partial charge in [-0.15, -0.1) is 0 Å². The molecule has 0 aromatic heterocycles. The Bertz CT molecular complexity index is 865. The van der Waals surface area contributed by atoms with Crippen LogP contribution in [0.25, 0.3) is 0 Å². The normalized spacial score (nSPS) is 16.2. The minimum atomic E-state index is -3.37. The summed E-state index contributed by atoms with van der Waals surface area (Å²) < 4.78 is 39.5. The van der Waals surface area contributed by atoms with Crippen LogP contribution in [0, 0.1) is 5.82 Å². The van der Waals surface area contributed by atoms with Crippen LogP contribution in [-0.4, -0.2) is 56.3 Å². The Morgan fingerprint density at radius 2 is 1.59 bits per heavy atom. The third kappa shape index (κ3) is 5.59. The van der Waals surface area contributed by atoms with Crippen LogP contribution in [0.2, 0.25) is 0 Å². The van der Waals surface area contributed by atoms with E-state index < -0.39 is 10.0 Å². The van der Waals surface area contributed by atoms with Crippen LogP contribution in [0.4, 0.5) is 10.1 Å². The van der Waals surface area contributed by atoms with Crippen molar-refractivity contribution in [3.8, 4) is 0 Å². The zero-order valence-electron chi connectivity index (χ0n) is 14.8. The summed E-state index contributed by atoms with van der Waals surface area (Å²) in [4.78, 5) is 14.0. The first-order valence-corrected chi connectivity index (χ1v) is 10.3. The molecule has 1 aliphatic heterocycles. The van der Waals surface area contributed by atoms with Crippen molar-refractivity contribution in [2.45, 2.75) is 5.75 Å². The Balaban J connectivity index is 1.48. The van der Waals surface area contributed by atoms with Crippen molar-refractivity contribution in [2.75, 3.05) is 38.0 Å². The van der Waals surface area contributed by atoms with Gasteiger partial charge in [-0.3, -0.25) is 9.69 Å². The fraction of sp³-hybridized carbons (Fsp3) is 0.316. The average Bonchev–Trinajstić information content (AvgIpc) is 2.64. The van der Waals surface area contributed by atoms with Gasteiger partial charge in [0.25, 0.3) is 0 Å². The molecule has 2 aromatic carbocycles. The number of carbonyl (C=O) groups excluding carboxylic acids is 1. The predicted octanol–water partition coefficient (Wildman–Crippen LogP) is 1.91. The van der Waals surface area contributed by atoms with Crippen molar-refractivity contribution in [3.05, 3.63) is 66.0 Å². The standard InChI is InChI=1S/C19H22FN3O3S/c20-17-6-8-18(9-7-17)21-19(24)14-22-10-12-23(13-11-22)27(25,26)15-16-4-2-1-3-5-16/h1-9H,10-15H2,(H,21,24). The summed E-state index contributed by atoms with van der Waals surface area (Å²) in [5.74, 6) is -0.582. The minimum Gasteiger partial charge on any atom is -0.325 e. The molecule has 0 radical (unpaired) electrons. The Hall–Kier alpha value is -2.29. The number of nitrogens with zero attached hydrogens (tertiary/aromatic N) is 2. The maximum Gasteiger partial charge on any atom is 0.238 e. The number of carbonyl (C=O) groups is 1. The monoisotopic (exact) mass is 391 g/mol. The molecule has 1 fully saturated rings. The molecule has 0 saturated carbocycles. The molecule has 1 N–H and O–H groups in total. The molecule has 1 heterocycles. The highest BCUT2D eigenvalue weighted by molar-refractivity contribution is 7.88. The average molecular weight is 391 g/mol. The van der Waals surface area contributed by atoms with Crippen molar-refractivity contribution in [1.29, 1.82) is 0 Å². The van der Waals surface area contributed by atoms with E-state index in [0.717, 1.165) is 5.56 Å². The van der Waals surface area contributed by atoms with Gasteiger partial charge in [-0.05, 0) is 29.8 Å². The van der Waals surface area contributed by atoms with Crippen molar-refractivity contribution in [2.24, 2.45) is 0 Å². The Morgan fingerprint density at radius 3 is 2.22 bits per heavy atom. The van der Waals surface area contributed by atoms with Gasteiger partial charge in [0.15, 0.2) is 0 Å². The van der Waals surface area contributed by atoms with Gasteiger partial charge in [-0.1, -0.05) is 30.3 Å². The Morgan fingerprint density at radius 1 is 0.963 bits per heavy atom. The lowest BCUT2D eigenvalue weighted by atomic mass is 10.2. The zero-order valence-corrected chi connectivity index (χ0v) is 15.7. The van der Waals surface area contributed by atoms with Crippen molar-refractivity contribution in [3.63, 3.8) is 0 Å². The van der Waals surface area contributed by atoms with Crippen molar-refractivity contribution in [1.82, 2.24) is 9.21 Å². The molecule has 1 amide bonds. The minimum absolute atomic E-state index is 0.0150. The summed E-state index contributed by atoms with van der Waals surface area (Å²) in [5.41, 5.74) is 1.30. The summed E-state index contributed by atoms with van der Waals surface area (Å²) in [6, 6.07) is 14.7. The van der Waals surface area contributed by atoms with Gasteiger partial charge in [0.1, 0.15) is 5.82 Å². The molecule has 2 aromatic rings. The Labute approximate surface area is 158 Å². The number of rotatable bonds is 6. The molecule has 3 rings (SSSR count). The fourth-order valence-electron chi connectivity index (χ4n) is 2.98. The van der Waals surface area contributed by atoms with Crippen LogP contribution in [-0.2, 0) is 20.6 Å². The SMILES string of the molecule is O=C(CN1CCN(S(=O)(=O)Cc2ccccc2)CC1)Nc1ccc(F)cc1. The highest BCUT2D eigenvalue weighted by Crippen LogP contribution is 2.14. The van der Waals surface area contributed by atoms with E-state index in [1.54, 1.807) is 12.1 Å². The molecular formula is C19H22FN3O3S. The number of hydrogen-bond acceptors (Lipinski definition) is 4. The van der Waals surface area contributed by atoms with Gasteiger partial charge in [0, 0.05) is 31.9 Å². The molecule has 0 spiro atoms. The molecule has 27 heavy (non-hydrogen) atoms. The molecule has 6 nitrogen and oxygen atoms in total. The molecule has 0 bridgehead atoms. The molecule has 144 valence electrons. The van der Waals surface area contributed by atoms with Crippen LogP contribution >= 0.6 is 0 Å². The smallest absolute Gasteiger partial charge is 0.238 e. The second-order valence-electron chi connectivity index (χ2n) is 6.47. The molecule has 0 atom stereocenters. The van der Waals surface area contributed by atoms with Gasteiger partial charge >= 0.3 is 0 Å². The van der Waals surface area contributed by atoms with Gasteiger partial charge in [-0.2, -0.15) is 4.31 Å². The van der Waals surface area contributed by atoms with E-state index in [0.29, 0.717) is 31.9 Å². The Kier molecular flexibility index (Phi) is 6.20. The van der Waals surface area contributed by atoms with Gasteiger partial charge in [-0.25, -0.2) is 12.8 Å². The molecule has 1 saturated heterocycles. The second-order valence-corrected chi connectivity index (χ2v) is 8.44. The van der Waals surface area contributed by atoms with Crippen LogP contribution in [0.1, 0.15) is 5.56 Å². The number of anilines is 1. The summed E-state index contributed by atoms with van der Waals surface area (Å²) in [5, 5.41) is 2.71. The maximum absolute atomic E-state index is 12.9. The zero-order chi connectivity index (χ0) is 19.3. The number of benzene rings is 2. The molecule has 0 aliphatic carbocycles. The number of piperazine rings is 1. The largest absolute Gasteiger partial charge is 0.325 e. The lowest BCUT2D eigenvalue weighted by Gasteiger charge is -2.33. The van der Waals surface area contributed by atoms with Crippen molar-refractivity contribution < 1.29 is 17.6 Å². The van der Waals surface area contributed by atoms with Gasteiger partial charge in [0.05, 0.1) is 12.3 Å². The lowest BCUT2D eigenvalue weighted by molar-refractivity contribution is -0.117. The number of halogens is 1. The molecule has 0 unspecified atom stereocenters.